The lowest BCUT2D eigenvalue weighted by Gasteiger charge is -1.88. The lowest BCUT2D eigenvalue weighted by atomic mass is 10.3. The van der Waals surface area contributed by atoms with Crippen molar-refractivity contribution in [2.24, 2.45) is 0 Å². The van der Waals surface area contributed by atoms with E-state index in [4.69, 9.17) is 5.11 Å². The first-order valence-corrected chi connectivity index (χ1v) is 3.91. The molecule has 0 radical (unpaired) electrons. The summed E-state index contributed by atoms with van der Waals surface area (Å²) < 4.78 is 5.24. The first-order valence-electron chi connectivity index (χ1n) is 3.12. The lowest BCUT2D eigenvalue weighted by molar-refractivity contribution is 0.350. The van der Waals surface area contributed by atoms with Gasteiger partial charge in [-0.1, -0.05) is 11.8 Å². The SMILES string of the molecule is O=c1occ(Br)cc1C#CCO. The zero-order chi connectivity index (χ0) is 8.97. The molecular weight excluding hydrogens is 224 g/mol. The molecule has 1 aromatic rings. The van der Waals surface area contributed by atoms with Crippen molar-refractivity contribution in [2.45, 2.75) is 0 Å². The van der Waals surface area contributed by atoms with Gasteiger partial charge in [-0.25, -0.2) is 4.79 Å². The van der Waals surface area contributed by atoms with E-state index in [0.29, 0.717) is 4.47 Å². The third-order valence-electron chi connectivity index (χ3n) is 1.08. The standard InChI is InChI=1S/C8H5BrO3/c9-7-4-6(2-1-3-10)8(11)12-5-7/h4-5,10H,3H2. The maximum Gasteiger partial charge on any atom is 0.351 e. The van der Waals surface area contributed by atoms with E-state index in [1.165, 1.54) is 12.3 Å². The molecule has 1 aromatic heterocycles. The summed E-state index contributed by atoms with van der Waals surface area (Å²) in [6.07, 6.45) is 1.28. The van der Waals surface area contributed by atoms with Crippen molar-refractivity contribution in [2.75, 3.05) is 6.61 Å². The van der Waals surface area contributed by atoms with Gasteiger partial charge in [0.2, 0.25) is 0 Å². The molecule has 0 spiro atoms. The molecule has 3 nitrogen and oxygen atoms in total. The van der Waals surface area contributed by atoms with Gasteiger partial charge in [-0.05, 0) is 22.0 Å². The van der Waals surface area contributed by atoms with Crippen LogP contribution in [0.25, 0.3) is 0 Å². The molecular formula is C8H5BrO3. The van der Waals surface area contributed by atoms with Gasteiger partial charge in [0.15, 0.2) is 0 Å². The Kier molecular flexibility index (Phi) is 3.09. The van der Waals surface area contributed by atoms with Crippen LogP contribution in [0.2, 0.25) is 0 Å². The third-order valence-corrected chi connectivity index (χ3v) is 1.50. The Morgan fingerprint density at radius 3 is 3.08 bits per heavy atom. The van der Waals surface area contributed by atoms with Gasteiger partial charge in [0.05, 0.1) is 4.47 Å². The molecule has 0 aliphatic rings. The summed E-state index contributed by atoms with van der Waals surface area (Å²) in [6.45, 7) is -0.272. The summed E-state index contributed by atoms with van der Waals surface area (Å²) in [4.78, 5) is 10.9. The molecule has 62 valence electrons. The second kappa shape index (κ2) is 4.10. The Hall–Kier alpha value is -1.05. The molecule has 1 N–H and O–H groups in total. The van der Waals surface area contributed by atoms with Gasteiger partial charge in [0.1, 0.15) is 18.4 Å². The highest BCUT2D eigenvalue weighted by Crippen LogP contribution is 2.06. The predicted octanol–water partition coefficient (Wildman–Crippen LogP) is 0.746. The monoisotopic (exact) mass is 228 g/mol. The highest BCUT2D eigenvalue weighted by molar-refractivity contribution is 9.10. The lowest BCUT2D eigenvalue weighted by Crippen LogP contribution is -2.02. The summed E-state index contributed by atoms with van der Waals surface area (Å²) in [5.41, 5.74) is -0.266. The number of aliphatic hydroxyl groups is 1. The van der Waals surface area contributed by atoms with Crippen molar-refractivity contribution in [3.63, 3.8) is 0 Å². The molecule has 0 atom stereocenters. The summed E-state index contributed by atoms with van der Waals surface area (Å²) in [6, 6.07) is 1.54. The van der Waals surface area contributed by atoms with Crippen molar-refractivity contribution in [3.05, 3.63) is 32.8 Å². The van der Waals surface area contributed by atoms with Crippen LogP contribution in [0.5, 0.6) is 0 Å². The molecule has 0 saturated heterocycles. The van der Waals surface area contributed by atoms with E-state index in [1.807, 2.05) is 0 Å². The predicted molar refractivity (Wildman–Crippen MR) is 46.6 cm³/mol. The van der Waals surface area contributed by atoms with Crippen LogP contribution < -0.4 is 5.63 Å². The van der Waals surface area contributed by atoms with E-state index in [-0.39, 0.29) is 12.2 Å². The molecule has 12 heavy (non-hydrogen) atoms. The molecule has 0 aromatic carbocycles. The minimum absolute atomic E-state index is 0.235. The smallest absolute Gasteiger partial charge is 0.351 e. The molecule has 1 heterocycles. The average Bonchev–Trinajstić information content (AvgIpc) is 2.07. The molecule has 0 unspecified atom stereocenters. The van der Waals surface area contributed by atoms with Gasteiger partial charge < -0.3 is 9.52 Å². The maximum atomic E-state index is 10.9. The summed E-state index contributed by atoms with van der Waals surface area (Å²) in [5.74, 6) is 4.82. The van der Waals surface area contributed by atoms with Gasteiger partial charge in [-0.2, -0.15) is 0 Å². The van der Waals surface area contributed by atoms with Crippen LogP contribution in [0.1, 0.15) is 5.56 Å². The zero-order valence-corrected chi connectivity index (χ0v) is 7.59. The van der Waals surface area contributed by atoms with E-state index >= 15 is 0 Å². The summed E-state index contributed by atoms with van der Waals surface area (Å²) in [5, 5.41) is 8.37. The topological polar surface area (TPSA) is 50.4 Å². The Balaban J connectivity index is 3.14. The summed E-state index contributed by atoms with van der Waals surface area (Å²) in [7, 11) is 0. The Morgan fingerprint density at radius 1 is 1.67 bits per heavy atom. The first kappa shape index (κ1) is 9.04. The van der Waals surface area contributed by atoms with Gasteiger partial charge in [-0.3, -0.25) is 0 Å². The van der Waals surface area contributed by atoms with Crippen LogP contribution in [-0.2, 0) is 0 Å². The van der Waals surface area contributed by atoms with Gasteiger partial charge in [0, 0.05) is 0 Å². The van der Waals surface area contributed by atoms with Crippen molar-refractivity contribution < 1.29 is 9.52 Å². The molecule has 0 aliphatic heterocycles. The van der Waals surface area contributed by atoms with Crippen LogP contribution in [0, 0.1) is 11.8 Å². The second-order valence-electron chi connectivity index (χ2n) is 1.93. The van der Waals surface area contributed by atoms with Crippen molar-refractivity contribution in [3.8, 4) is 11.8 Å². The third kappa shape index (κ3) is 2.22. The highest BCUT2D eigenvalue weighted by atomic mass is 79.9. The van der Waals surface area contributed by atoms with E-state index < -0.39 is 5.63 Å². The fourth-order valence-electron chi connectivity index (χ4n) is 0.626. The Bertz CT molecular complexity index is 383. The number of halogens is 1. The maximum absolute atomic E-state index is 10.9. The number of hydrogen-bond donors (Lipinski definition) is 1. The molecule has 0 amide bonds. The zero-order valence-electron chi connectivity index (χ0n) is 6.00. The number of hydrogen-bond acceptors (Lipinski definition) is 3. The first-order chi connectivity index (χ1) is 5.74. The molecule has 0 saturated carbocycles. The van der Waals surface area contributed by atoms with Crippen molar-refractivity contribution in [1.29, 1.82) is 0 Å². The van der Waals surface area contributed by atoms with E-state index in [2.05, 4.69) is 32.2 Å². The molecule has 4 heteroatoms. The fourth-order valence-corrected chi connectivity index (χ4v) is 0.948. The largest absolute Gasteiger partial charge is 0.429 e. The molecule has 0 fully saturated rings. The fraction of sp³-hybridized carbons (Fsp3) is 0.125. The van der Waals surface area contributed by atoms with Gasteiger partial charge in [-0.15, -0.1) is 0 Å². The Morgan fingerprint density at radius 2 is 2.42 bits per heavy atom. The highest BCUT2D eigenvalue weighted by Gasteiger charge is 1.97. The summed E-state index contributed by atoms with van der Waals surface area (Å²) >= 11 is 3.13. The van der Waals surface area contributed by atoms with Crippen LogP contribution >= 0.6 is 15.9 Å². The molecule has 1 rings (SSSR count). The van der Waals surface area contributed by atoms with Gasteiger partial charge >= 0.3 is 5.63 Å². The van der Waals surface area contributed by atoms with Crippen LogP contribution in [0.3, 0.4) is 0 Å². The van der Waals surface area contributed by atoms with Crippen LogP contribution in [-0.4, -0.2) is 11.7 Å². The van der Waals surface area contributed by atoms with Gasteiger partial charge in [0.25, 0.3) is 0 Å². The van der Waals surface area contributed by atoms with E-state index in [1.54, 1.807) is 0 Å². The molecule has 0 aliphatic carbocycles. The van der Waals surface area contributed by atoms with E-state index in [0.717, 1.165) is 0 Å². The minimum Gasteiger partial charge on any atom is -0.429 e. The van der Waals surface area contributed by atoms with Crippen LogP contribution in [0.15, 0.2) is 26.0 Å². The number of rotatable bonds is 0. The minimum atomic E-state index is -0.501. The van der Waals surface area contributed by atoms with Crippen molar-refractivity contribution >= 4 is 15.9 Å². The Labute approximate surface area is 77.2 Å². The quantitative estimate of drug-likeness (QED) is 0.667. The average molecular weight is 229 g/mol. The van der Waals surface area contributed by atoms with Crippen LogP contribution in [0.4, 0.5) is 0 Å². The number of aliphatic hydroxyl groups excluding tert-OH is 1. The molecule has 0 bridgehead atoms. The normalized spacial score (nSPS) is 8.83. The van der Waals surface area contributed by atoms with Crippen molar-refractivity contribution in [1.82, 2.24) is 0 Å². The van der Waals surface area contributed by atoms with E-state index in [9.17, 15) is 4.79 Å². The second-order valence-corrected chi connectivity index (χ2v) is 2.84.